The summed E-state index contributed by atoms with van der Waals surface area (Å²) in [5.74, 6) is 0. The summed E-state index contributed by atoms with van der Waals surface area (Å²) in [4.78, 5) is 1.96. The largest absolute Gasteiger partial charge is 0.412 e. The number of sulfone groups is 2. The zero-order chi connectivity index (χ0) is 13.0. The Balaban J connectivity index is 0.000000133. The van der Waals surface area contributed by atoms with Crippen molar-refractivity contribution in [3.05, 3.63) is 48.5 Å². The van der Waals surface area contributed by atoms with Crippen LogP contribution in [0.3, 0.4) is 0 Å². The van der Waals surface area contributed by atoms with Gasteiger partial charge in [0.05, 0.1) is 19.6 Å². The monoisotopic (exact) mass is 298 g/mol. The van der Waals surface area contributed by atoms with E-state index in [9.17, 15) is 16.8 Å². The molecule has 19 heavy (non-hydrogen) atoms. The molecular weight excluding hydrogens is 288 g/mol. The SMILES string of the molecule is O.O=S1(=O)c2ccccc21.O=S1(=O)c2ccccc21. The minimum absolute atomic E-state index is 0. The van der Waals surface area contributed by atoms with Gasteiger partial charge in [0.15, 0.2) is 0 Å². The Bertz CT molecular complexity index is 720. The second-order valence-corrected chi connectivity index (χ2v) is 7.67. The van der Waals surface area contributed by atoms with Gasteiger partial charge in [0, 0.05) is 0 Å². The van der Waals surface area contributed by atoms with Crippen LogP contribution in [0.4, 0.5) is 0 Å². The number of hydrogen-bond acceptors (Lipinski definition) is 4. The smallest absolute Gasteiger partial charge is 0.209 e. The van der Waals surface area contributed by atoms with Crippen LogP contribution in [0, 0.1) is 0 Å². The number of hydrogen-bond donors (Lipinski definition) is 0. The molecule has 2 aromatic rings. The molecule has 0 fully saturated rings. The van der Waals surface area contributed by atoms with E-state index in [1.54, 1.807) is 48.5 Å². The molecule has 100 valence electrons. The molecule has 0 unspecified atom stereocenters. The molecule has 0 aliphatic carbocycles. The average Bonchev–Trinajstić information content (AvgIpc) is 3.14. The highest BCUT2D eigenvalue weighted by Crippen LogP contribution is 2.39. The molecule has 7 heteroatoms. The van der Waals surface area contributed by atoms with Gasteiger partial charge >= 0.3 is 0 Å². The van der Waals surface area contributed by atoms with Gasteiger partial charge in [0.25, 0.3) is 0 Å². The average molecular weight is 298 g/mol. The van der Waals surface area contributed by atoms with Crippen molar-refractivity contribution >= 4 is 19.7 Å². The maximum Gasteiger partial charge on any atom is 0.209 e. The quantitative estimate of drug-likeness (QED) is 0.449. The lowest BCUT2D eigenvalue weighted by Gasteiger charge is -1.64. The Labute approximate surface area is 110 Å². The summed E-state index contributed by atoms with van der Waals surface area (Å²) in [7, 11) is -5.75. The minimum Gasteiger partial charge on any atom is -0.412 e. The molecule has 0 amide bonds. The Hall–Kier alpha value is -1.70. The number of benzene rings is 2. The van der Waals surface area contributed by atoms with E-state index >= 15 is 0 Å². The van der Waals surface area contributed by atoms with E-state index in [0.29, 0.717) is 19.6 Å². The van der Waals surface area contributed by atoms with Gasteiger partial charge < -0.3 is 5.48 Å². The highest BCUT2D eigenvalue weighted by molar-refractivity contribution is 7.97. The van der Waals surface area contributed by atoms with E-state index in [4.69, 9.17) is 0 Å². The molecule has 4 rings (SSSR count). The topological polar surface area (TPSA) is 99.8 Å². The summed E-state index contributed by atoms with van der Waals surface area (Å²) in [5.41, 5.74) is 0. The van der Waals surface area contributed by atoms with Crippen molar-refractivity contribution in [3.63, 3.8) is 0 Å². The standard InChI is InChI=1S/2C6H4O2S.H2O/c2*7-9(8)5-3-1-2-4-6(5)9;/h2*1-4H;1H2. The fourth-order valence-electron chi connectivity index (χ4n) is 1.71. The summed E-state index contributed by atoms with van der Waals surface area (Å²) in [5, 5.41) is 0. The lowest BCUT2D eigenvalue weighted by atomic mass is 10.4. The van der Waals surface area contributed by atoms with Crippen LogP contribution in [0.25, 0.3) is 0 Å². The Kier molecular flexibility index (Phi) is 3.00. The first-order valence-electron chi connectivity index (χ1n) is 5.14. The molecule has 2 aromatic carbocycles. The van der Waals surface area contributed by atoms with E-state index in [-0.39, 0.29) is 5.48 Å². The van der Waals surface area contributed by atoms with Crippen LogP contribution < -0.4 is 0 Å². The summed E-state index contributed by atoms with van der Waals surface area (Å²) < 4.78 is 42.9. The van der Waals surface area contributed by atoms with E-state index < -0.39 is 19.7 Å². The van der Waals surface area contributed by atoms with E-state index in [0.717, 1.165) is 0 Å². The third kappa shape index (κ3) is 2.05. The Morgan fingerprint density at radius 3 is 0.895 bits per heavy atom. The first kappa shape index (κ1) is 13.7. The van der Waals surface area contributed by atoms with Crippen LogP contribution in [-0.4, -0.2) is 22.3 Å². The van der Waals surface area contributed by atoms with Gasteiger partial charge in [0.1, 0.15) is 0 Å². The molecule has 0 saturated heterocycles. The fourth-order valence-corrected chi connectivity index (χ4v) is 4.31. The second kappa shape index (κ2) is 4.16. The molecule has 0 bridgehead atoms. The van der Waals surface area contributed by atoms with Gasteiger partial charge in [0.2, 0.25) is 19.7 Å². The van der Waals surface area contributed by atoms with Crippen LogP contribution >= 0.6 is 0 Å². The van der Waals surface area contributed by atoms with Crippen LogP contribution in [0.5, 0.6) is 0 Å². The van der Waals surface area contributed by atoms with Gasteiger partial charge in [-0.1, -0.05) is 24.3 Å². The lowest BCUT2D eigenvalue weighted by Crippen LogP contribution is -1.65. The molecule has 5 nitrogen and oxygen atoms in total. The van der Waals surface area contributed by atoms with Crippen molar-refractivity contribution in [2.24, 2.45) is 0 Å². The van der Waals surface area contributed by atoms with Gasteiger partial charge in [-0.25, -0.2) is 16.8 Å². The van der Waals surface area contributed by atoms with Crippen molar-refractivity contribution in [1.29, 1.82) is 0 Å². The van der Waals surface area contributed by atoms with Crippen molar-refractivity contribution in [2.75, 3.05) is 0 Å². The second-order valence-electron chi connectivity index (χ2n) is 3.90. The fraction of sp³-hybridized carbons (Fsp3) is 0. The normalized spacial score (nSPS) is 17.7. The van der Waals surface area contributed by atoms with Crippen LogP contribution in [0.1, 0.15) is 0 Å². The third-order valence-electron chi connectivity index (χ3n) is 2.77. The molecule has 0 radical (unpaired) electrons. The molecule has 2 aliphatic heterocycles. The van der Waals surface area contributed by atoms with E-state index in [1.165, 1.54) is 0 Å². The molecule has 2 N–H and O–H groups in total. The highest BCUT2D eigenvalue weighted by Gasteiger charge is 2.38. The zero-order valence-electron chi connectivity index (χ0n) is 9.57. The van der Waals surface area contributed by atoms with Gasteiger partial charge in [-0.15, -0.1) is 0 Å². The summed E-state index contributed by atoms with van der Waals surface area (Å²) in [6, 6.07) is 13.4. The predicted molar refractivity (Wildman–Crippen MR) is 67.4 cm³/mol. The molecule has 0 spiro atoms. The van der Waals surface area contributed by atoms with E-state index in [2.05, 4.69) is 0 Å². The number of rotatable bonds is 0. The summed E-state index contributed by atoms with van der Waals surface area (Å²) in [6.07, 6.45) is 0. The van der Waals surface area contributed by atoms with Gasteiger partial charge in [-0.3, -0.25) is 0 Å². The van der Waals surface area contributed by atoms with Crippen molar-refractivity contribution in [1.82, 2.24) is 0 Å². The molecule has 0 atom stereocenters. The number of fused-ring (bicyclic) bond motifs is 2. The van der Waals surface area contributed by atoms with E-state index in [1.807, 2.05) is 0 Å². The molecular formula is C12H10O5S2. The maximum absolute atomic E-state index is 10.7. The van der Waals surface area contributed by atoms with Crippen molar-refractivity contribution < 1.29 is 22.3 Å². The Morgan fingerprint density at radius 1 is 0.526 bits per heavy atom. The lowest BCUT2D eigenvalue weighted by molar-refractivity contribution is 0.610. The van der Waals surface area contributed by atoms with Gasteiger partial charge in [-0.2, -0.15) is 0 Å². The maximum atomic E-state index is 10.7. The summed E-state index contributed by atoms with van der Waals surface area (Å²) in [6.45, 7) is 0. The van der Waals surface area contributed by atoms with Crippen LogP contribution in [0.2, 0.25) is 0 Å². The molecule has 2 aliphatic rings. The van der Waals surface area contributed by atoms with Crippen molar-refractivity contribution in [3.8, 4) is 0 Å². The first-order valence-corrected chi connectivity index (χ1v) is 8.10. The van der Waals surface area contributed by atoms with Crippen LogP contribution in [0.15, 0.2) is 68.1 Å². The first-order chi connectivity index (χ1) is 8.45. The highest BCUT2D eigenvalue weighted by atomic mass is 32.2. The zero-order valence-corrected chi connectivity index (χ0v) is 11.2. The van der Waals surface area contributed by atoms with Crippen LogP contribution in [-0.2, 0) is 19.7 Å². The summed E-state index contributed by atoms with van der Waals surface area (Å²) >= 11 is 0. The third-order valence-corrected chi connectivity index (χ3v) is 6.10. The van der Waals surface area contributed by atoms with Crippen molar-refractivity contribution in [2.45, 2.75) is 19.6 Å². The molecule has 0 aromatic heterocycles. The Morgan fingerprint density at radius 2 is 0.737 bits per heavy atom. The molecule has 0 saturated carbocycles. The minimum atomic E-state index is -2.88. The van der Waals surface area contributed by atoms with Gasteiger partial charge in [-0.05, 0) is 24.3 Å². The predicted octanol–water partition coefficient (Wildman–Crippen LogP) is 0.841. The molecule has 2 heterocycles.